The summed E-state index contributed by atoms with van der Waals surface area (Å²) in [5.74, 6) is 0.814. The van der Waals surface area contributed by atoms with Gasteiger partial charge in [-0.3, -0.25) is 4.79 Å². The lowest BCUT2D eigenvalue weighted by atomic mass is 9.92. The maximum Gasteiger partial charge on any atom is 0.217 e. The SMILES string of the molecule is CCCCC(O)c1cc(C)c2c(c1)C(NC(C)=O)CCO2. The highest BCUT2D eigenvalue weighted by Crippen LogP contribution is 2.37. The van der Waals surface area contributed by atoms with Crippen molar-refractivity contribution < 1.29 is 14.6 Å². The van der Waals surface area contributed by atoms with Crippen LogP contribution in [0.3, 0.4) is 0 Å². The molecule has 1 aromatic rings. The van der Waals surface area contributed by atoms with Crippen molar-refractivity contribution >= 4 is 5.91 Å². The number of hydrogen-bond donors (Lipinski definition) is 2. The van der Waals surface area contributed by atoms with Crippen molar-refractivity contribution in [2.24, 2.45) is 0 Å². The van der Waals surface area contributed by atoms with Gasteiger partial charge in [0.05, 0.1) is 18.8 Å². The molecule has 1 aliphatic rings. The van der Waals surface area contributed by atoms with Crippen LogP contribution in [0.15, 0.2) is 12.1 Å². The molecule has 4 heteroatoms. The van der Waals surface area contributed by atoms with E-state index < -0.39 is 6.10 Å². The molecule has 0 aliphatic carbocycles. The van der Waals surface area contributed by atoms with Crippen LogP contribution in [-0.4, -0.2) is 17.6 Å². The summed E-state index contributed by atoms with van der Waals surface area (Å²) in [5, 5.41) is 13.3. The average molecular weight is 291 g/mol. The van der Waals surface area contributed by atoms with Crippen molar-refractivity contribution in [2.75, 3.05) is 6.61 Å². The third-order valence-electron chi connectivity index (χ3n) is 3.95. The number of nitrogens with one attached hydrogen (secondary N) is 1. The fraction of sp³-hybridized carbons (Fsp3) is 0.588. The Balaban J connectivity index is 2.31. The second-order valence-corrected chi connectivity index (χ2v) is 5.80. The fourth-order valence-corrected chi connectivity index (χ4v) is 2.87. The van der Waals surface area contributed by atoms with Crippen LogP contribution in [0.1, 0.15) is 68.4 Å². The van der Waals surface area contributed by atoms with Gasteiger partial charge >= 0.3 is 0 Å². The zero-order chi connectivity index (χ0) is 15.4. The standard InChI is InChI=1S/C17H25NO3/c1-4-5-6-16(20)13-9-11(2)17-14(10-13)15(7-8-21-17)18-12(3)19/h9-10,15-16,20H,4-8H2,1-3H3,(H,18,19). The lowest BCUT2D eigenvalue weighted by Crippen LogP contribution is -2.30. The van der Waals surface area contributed by atoms with Gasteiger partial charge in [0.15, 0.2) is 0 Å². The lowest BCUT2D eigenvalue weighted by molar-refractivity contribution is -0.119. The van der Waals surface area contributed by atoms with E-state index in [1.54, 1.807) is 0 Å². The lowest BCUT2D eigenvalue weighted by Gasteiger charge is -2.29. The number of benzene rings is 1. The molecule has 2 atom stereocenters. The molecule has 0 saturated carbocycles. The molecule has 1 heterocycles. The van der Waals surface area contributed by atoms with E-state index in [2.05, 4.69) is 12.2 Å². The van der Waals surface area contributed by atoms with Crippen LogP contribution >= 0.6 is 0 Å². The summed E-state index contributed by atoms with van der Waals surface area (Å²) in [7, 11) is 0. The molecule has 2 N–H and O–H groups in total. The van der Waals surface area contributed by atoms with Gasteiger partial charge in [-0.15, -0.1) is 0 Å². The fourth-order valence-electron chi connectivity index (χ4n) is 2.87. The number of aliphatic hydroxyl groups is 1. The first-order valence-electron chi connectivity index (χ1n) is 7.75. The highest BCUT2D eigenvalue weighted by molar-refractivity contribution is 5.73. The number of aliphatic hydroxyl groups excluding tert-OH is 1. The minimum Gasteiger partial charge on any atom is -0.493 e. The molecule has 2 rings (SSSR count). The maximum atomic E-state index is 11.4. The highest BCUT2D eigenvalue weighted by atomic mass is 16.5. The first-order valence-corrected chi connectivity index (χ1v) is 7.75. The molecule has 0 radical (unpaired) electrons. The Morgan fingerprint density at radius 3 is 2.95 bits per heavy atom. The summed E-state index contributed by atoms with van der Waals surface area (Å²) in [6.45, 7) is 6.25. The van der Waals surface area contributed by atoms with E-state index in [0.717, 1.165) is 48.1 Å². The number of amides is 1. The maximum absolute atomic E-state index is 11.4. The van der Waals surface area contributed by atoms with Crippen molar-refractivity contribution in [1.82, 2.24) is 5.32 Å². The molecule has 116 valence electrons. The van der Waals surface area contributed by atoms with E-state index in [9.17, 15) is 9.90 Å². The summed E-state index contributed by atoms with van der Waals surface area (Å²) < 4.78 is 5.75. The van der Waals surface area contributed by atoms with Crippen LogP contribution in [0.2, 0.25) is 0 Å². The van der Waals surface area contributed by atoms with Gasteiger partial charge in [-0.2, -0.15) is 0 Å². The van der Waals surface area contributed by atoms with Gasteiger partial charge in [0.25, 0.3) is 0 Å². The van der Waals surface area contributed by atoms with Crippen LogP contribution in [0.5, 0.6) is 5.75 Å². The first kappa shape index (κ1) is 15.8. The minimum absolute atomic E-state index is 0.0247. The topological polar surface area (TPSA) is 58.6 Å². The van der Waals surface area contributed by atoms with Crippen LogP contribution in [0.4, 0.5) is 0 Å². The van der Waals surface area contributed by atoms with Gasteiger partial charge in [0.2, 0.25) is 5.91 Å². The summed E-state index contributed by atoms with van der Waals surface area (Å²) in [6.07, 6.45) is 3.15. The van der Waals surface area contributed by atoms with Gasteiger partial charge in [0.1, 0.15) is 5.75 Å². The second kappa shape index (κ2) is 6.94. The van der Waals surface area contributed by atoms with Gasteiger partial charge in [-0.05, 0) is 36.6 Å². The van der Waals surface area contributed by atoms with Gasteiger partial charge < -0.3 is 15.2 Å². The number of aryl methyl sites for hydroxylation is 1. The molecule has 0 fully saturated rings. The molecule has 0 bridgehead atoms. The van der Waals surface area contributed by atoms with E-state index >= 15 is 0 Å². The number of rotatable bonds is 5. The van der Waals surface area contributed by atoms with Gasteiger partial charge in [-0.25, -0.2) is 0 Å². The third kappa shape index (κ3) is 3.76. The average Bonchev–Trinajstić information content (AvgIpc) is 2.44. The monoisotopic (exact) mass is 291 g/mol. The number of ether oxygens (including phenoxy) is 1. The van der Waals surface area contributed by atoms with Crippen LogP contribution < -0.4 is 10.1 Å². The van der Waals surface area contributed by atoms with E-state index in [4.69, 9.17) is 4.74 Å². The molecule has 0 aromatic heterocycles. The number of hydrogen-bond acceptors (Lipinski definition) is 3. The molecule has 1 aliphatic heterocycles. The smallest absolute Gasteiger partial charge is 0.217 e. The minimum atomic E-state index is -0.450. The van der Waals surface area contributed by atoms with E-state index in [-0.39, 0.29) is 11.9 Å². The molecule has 2 unspecified atom stereocenters. The van der Waals surface area contributed by atoms with E-state index in [1.165, 1.54) is 6.92 Å². The Bertz CT molecular complexity index is 513. The summed E-state index contributed by atoms with van der Waals surface area (Å²) >= 11 is 0. The molecule has 0 spiro atoms. The van der Waals surface area contributed by atoms with Crippen molar-refractivity contribution in [3.63, 3.8) is 0 Å². The Labute approximate surface area is 126 Å². The zero-order valence-corrected chi connectivity index (χ0v) is 13.1. The quantitative estimate of drug-likeness (QED) is 0.876. The number of carbonyl (C=O) groups excluding carboxylic acids is 1. The Kier molecular flexibility index (Phi) is 5.23. The number of unbranched alkanes of at least 4 members (excludes halogenated alkanes) is 1. The molecule has 4 nitrogen and oxygen atoms in total. The molecule has 1 aromatic carbocycles. The van der Waals surface area contributed by atoms with E-state index in [0.29, 0.717) is 6.61 Å². The van der Waals surface area contributed by atoms with Crippen molar-refractivity contribution in [3.05, 3.63) is 28.8 Å². The molecule has 0 saturated heterocycles. The van der Waals surface area contributed by atoms with Gasteiger partial charge in [-0.1, -0.05) is 19.8 Å². The second-order valence-electron chi connectivity index (χ2n) is 5.80. The molecular weight excluding hydrogens is 266 g/mol. The molecular formula is C17H25NO3. The van der Waals surface area contributed by atoms with Crippen LogP contribution in [-0.2, 0) is 4.79 Å². The normalized spacial score (nSPS) is 18.6. The summed E-state index contributed by atoms with van der Waals surface area (Å²) in [6, 6.07) is 3.96. The largest absolute Gasteiger partial charge is 0.493 e. The van der Waals surface area contributed by atoms with E-state index in [1.807, 2.05) is 19.1 Å². The van der Waals surface area contributed by atoms with Crippen LogP contribution in [0, 0.1) is 6.92 Å². The summed E-state index contributed by atoms with van der Waals surface area (Å²) in [4.78, 5) is 11.4. The zero-order valence-electron chi connectivity index (χ0n) is 13.1. The van der Waals surface area contributed by atoms with Crippen molar-refractivity contribution in [2.45, 2.75) is 58.6 Å². The van der Waals surface area contributed by atoms with Crippen LogP contribution in [0.25, 0.3) is 0 Å². The Morgan fingerprint density at radius 2 is 2.29 bits per heavy atom. The number of carbonyl (C=O) groups is 1. The Morgan fingerprint density at radius 1 is 1.52 bits per heavy atom. The number of fused-ring (bicyclic) bond motifs is 1. The van der Waals surface area contributed by atoms with Gasteiger partial charge in [0, 0.05) is 18.9 Å². The molecule has 21 heavy (non-hydrogen) atoms. The highest BCUT2D eigenvalue weighted by Gasteiger charge is 2.25. The third-order valence-corrected chi connectivity index (χ3v) is 3.95. The summed E-state index contributed by atoms with van der Waals surface area (Å²) in [5.41, 5.74) is 2.93. The Hall–Kier alpha value is -1.55. The van der Waals surface area contributed by atoms with Crippen molar-refractivity contribution in [3.8, 4) is 5.75 Å². The van der Waals surface area contributed by atoms with Crippen molar-refractivity contribution in [1.29, 1.82) is 0 Å². The predicted octanol–water partition coefficient (Wildman–Crippen LogP) is 3.18. The first-order chi connectivity index (χ1) is 10.0. The predicted molar refractivity (Wildman–Crippen MR) is 82.3 cm³/mol. The molecule has 1 amide bonds.